The van der Waals surface area contributed by atoms with E-state index in [2.05, 4.69) is 18.7 Å². The van der Waals surface area contributed by atoms with Gasteiger partial charge in [-0.2, -0.15) is 0 Å². The molecule has 1 aliphatic heterocycles. The van der Waals surface area contributed by atoms with Crippen LogP contribution in [0.25, 0.3) is 0 Å². The molecule has 104 valence electrons. The summed E-state index contributed by atoms with van der Waals surface area (Å²) in [5, 5.41) is 0. The van der Waals surface area contributed by atoms with Crippen LogP contribution in [0.4, 0.5) is 0 Å². The number of hydrogen-bond donors (Lipinski definition) is 0. The standard InChI is InChI=1S/C16H29NO/c1-3-15(4-2)10-11-17(12-15)13-16(14-18)8-6-5-7-9-16/h14H,3-13H2,1-2H3. The molecule has 0 atom stereocenters. The molecule has 0 aromatic heterocycles. The highest BCUT2D eigenvalue weighted by Crippen LogP contribution is 2.41. The Morgan fingerprint density at radius 1 is 1.06 bits per heavy atom. The zero-order valence-electron chi connectivity index (χ0n) is 12.2. The third-order valence-electron chi connectivity index (χ3n) is 5.66. The fourth-order valence-corrected chi connectivity index (χ4v) is 4.00. The molecule has 18 heavy (non-hydrogen) atoms. The molecule has 0 bridgehead atoms. The molecular weight excluding hydrogens is 222 g/mol. The summed E-state index contributed by atoms with van der Waals surface area (Å²) in [5.74, 6) is 0. The molecule has 0 unspecified atom stereocenters. The van der Waals surface area contributed by atoms with E-state index in [1.807, 2.05) is 0 Å². The molecule has 0 radical (unpaired) electrons. The second-order valence-electron chi connectivity index (χ2n) is 6.71. The Labute approximate surface area is 112 Å². The first-order valence-corrected chi connectivity index (χ1v) is 7.86. The normalized spacial score (nSPS) is 27.2. The number of rotatable bonds is 5. The molecule has 2 rings (SSSR count). The van der Waals surface area contributed by atoms with Crippen LogP contribution in [0.3, 0.4) is 0 Å². The Kier molecular flexibility index (Phi) is 4.47. The summed E-state index contributed by atoms with van der Waals surface area (Å²) in [5.41, 5.74) is 0.536. The highest BCUT2D eigenvalue weighted by atomic mass is 16.1. The molecule has 0 N–H and O–H groups in total. The molecule has 0 aromatic rings. The number of nitrogens with zero attached hydrogens (tertiary/aromatic N) is 1. The zero-order chi connectivity index (χ0) is 13.1. The summed E-state index contributed by atoms with van der Waals surface area (Å²) in [7, 11) is 0. The van der Waals surface area contributed by atoms with Crippen molar-refractivity contribution in [2.45, 2.75) is 65.2 Å². The molecule has 1 heterocycles. The van der Waals surface area contributed by atoms with Gasteiger partial charge in [-0.05, 0) is 44.1 Å². The van der Waals surface area contributed by atoms with Crippen LogP contribution >= 0.6 is 0 Å². The highest BCUT2D eigenvalue weighted by Gasteiger charge is 2.40. The molecule has 1 saturated heterocycles. The van der Waals surface area contributed by atoms with Gasteiger partial charge in [0.25, 0.3) is 0 Å². The number of carbonyl (C=O) groups is 1. The van der Waals surface area contributed by atoms with E-state index in [4.69, 9.17) is 0 Å². The molecule has 2 heteroatoms. The lowest BCUT2D eigenvalue weighted by atomic mass is 9.75. The van der Waals surface area contributed by atoms with Gasteiger partial charge < -0.3 is 9.69 Å². The van der Waals surface area contributed by atoms with E-state index in [1.165, 1.54) is 57.9 Å². The van der Waals surface area contributed by atoms with Crippen LogP contribution in [-0.2, 0) is 4.79 Å². The number of hydrogen-bond acceptors (Lipinski definition) is 2. The lowest BCUT2D eigenvalue weighted by molar-refractivity contribution is -0.119. The topological polar surface area (TPSA) is 20.3 Å². The predicted octanol–water partition coefficient (Wildman–Crippen LogP) is 3.65. The molecule has 0 spiro atoms. The third kappa shape index (κ3) is 2.79. The van der Waals surface area contributed by atoms with Gasteiger partial charge in [0, 0.05) is 18.5 Å². The van der Waals surface area contributed by atoms with E-state index in [0.29, 0.717) is 5.41 Å². The first kappa shape index (κ1) is 14.0. The van der Waals surface area contributed by atoms with Crippen molar-refractivity contribution in [3.63, 3.8) is 0 Å². The van der Waals surface area contributed by atoms with Crippen molar-refractivity contribution in [2.24, 2.45) is 10.8 Å². The van der Waals surface area contributed by atoms with Crippen molar-refractivity contribution in [1.82, 2.24) is 4.90 Å². The van der Waals surface area contributed by atoms with Crippen LogP contribution in [0.15, 0.2) is 0 Å². The lowest BCUT2D eigenvalue weighted by Gasteiger charge is -2.36. The molecule has 1 saturated carbocycles. The Hall–Kier alpha value is -0.370. The summed E-state index contributed by atoms with van der Waals surface area (Å²) >= 11 is 0. The smallest absolute Gasteiger partial charge is 0.127 e. The SMILES string of the molecule is CCC1(CC)CCN(CC2(C=O)CCCCC2)C1. The van der Waals surface area contributed by atoms with E-state index >= 15 is 0 Å². The molecule has 2 nitrogen and oxygen atoms in total. The minimum absolute atomic E-state index is 0.00415. The quantitative estimate of drug-likeness (QED) is 0.695. The average Bonchev–Trinajstić information content (AvgIpc) is 2.84. The summed E-state index contributed by atoms with van der Waals surface area (Å²) in [6.45, 7) is 8.09. The summed E-state index contributed by atoms with van der Waals surface area (Å²) in [4.78, 5) is 14.1. The fraction of sp³-hybridized carbons (Fsp3) is 0.938. The molecule has 2 aliphatic rings. The number of aldehydes is 1. The van der Waals surface area contributed by atoms with Gasteiger partial charge in [0.1, 0.15) is 6.29 Å². The van der Waals surface area contributed by atoms with Gasteiger partial charge in [0.05, 0.1) is 0 Å². The molecule has 0 amide bonds. The van der Waals surface area contributed by atoms with Crippen molar-refractivity contribution in [1.29, 1.82) is 0 Å². The van der Waals surface area contributed by atoms with E-state index in [0.717, 1.165) is 19.4 Å². The van der Waals surface area contributed by atoms with Gasteiger partial charge in [0.2, 0.25) is 0 Å². The van der Waals surface area contributed by atoms with E-state index in [9.17, 15) is 4.79 Å². The molecule has 0 aromatic carbocycles. The van der Waals surface area contributed by atoms with Crippen LogP contribution in [-0.4, -0.2) is 30.8 Å². The maximum atomic E-state index is 11.5. The Morgan fingerprint density at radius 3 is 2.22 bits per heavy atom. The predicted molar refractivity (Wildman–Crippen MR) is 75.7 cm³/mol. The summed E-state index contributed by atoms with van der Waals surface area (Å²) in [6.07, 6.45) is 11.2. The Bertz CT molecular complexity index is 277. The zero-order valence-corrected chi connectivity index (χ0v) is 12.2. The minimum Gasteiger partial charge on any atom is -0.303 e. The van der Waals surface area contributed by atoms with Gasteiger partial charge in [-0.1, -0.05) is 33.1 Å². The van der Waals surface area contributed by atoms with Crippen LogP contribution < -0.4 is 0 Å². The monoisotopic (exact) mass is 251 g/mol. The first-order chi connectivity index (χ1) is 8.67. The number of likely N-dealkylation sites (tertiary alicyclic amines) is 1. The maximum Gasteiger partial charge on any atom is 0.127 e. The van der Waals surface area contributed by atoms with Gasteiger partial charge in [-0.15, -0.1) is 0 Å². The highest BCUT2D eigenvalue weighted by molar-refractivity contribution is 5.60. The second-order valence-corrected chi connectivity index (χ2v) is 6.71. The Morgan fingerprint density at radius 2 is 1.72 bits per heavy atom. The van der Waals surface area contributed by atoms with E-state index < -0.39 is 0 Å². The van der Waals surface area contributed by atoms with Crippen LogP contribution in [0.5, 0.6) is 0 Å². The lowest BCUT2D eigenvalue weighted by Crippen LogP contribution is -2.40. The molecule has 1 aliphatic carbocycles. The maximum absolute atomic E-state index is 11.5. The largest absolute Gasteiger partial charge is 0.303 e. The van der Waals surface area contributed by atoms with Crippen LogP contribution in [0.1, 0.15) is 65.2 Å². The van der Waals surface area contributed by atoms with Crippen LogP contribution in [0, 0.1) is 10.8 Å². The van der Waals surface area contributed by atoms with Gasteiger partial charge in [0.15, 0.2) is 0 Å². The number of carbonyl (C=O) groups excluding carboxylic acids is 1. The van der Waals surface area contributed by atoms with E-state index in [-0.39, 0.29) is 5.41 Å². The first-order valence-electron chi connectivity index (χ1n) is 7.86. The fourth-order valence-electron chi connectivity index (χ4n) is 4.00. The second kappa shape index (κ2) is 5.73. The van der Waals surface area contributed by atoms with Crippen molar-refractivity contribution < 1.29 is 4.79 Å². The van der Waals surface area contributed by atoms with Crippen molar-refractivity contribution in [2.75, 3.05) is 19.6 Å². The Balaban J connectivity index is 1.95. The minimum atomic E-state index is -0.00415. The van der Waals surface area contributed by atoms with Crippen LogP contribution in [0.2, 0.25) is 0 Å². The van der Waals surface area contributed by atoms with Crippen molar-refractivity contribution in [3.8, 4) is 0 Å². The van der Waals surface area contributed by atoms with Gasteiger partial charge >= 0.3 is 0 Å². The summed E-state index contributed by atoms with van der Waals surface area (Å²) < 4.78 is 0. The third-order valence-corrected chi connectivity index (χ3v) is 5.66. The van der Waals surface area contributed by atoms with Gasteiger partial charge in [-0.25, -0.2) is 0 Å². The van der Waals surface area contributed by atoms with Gasteiger partial charge in [-0.3, -0.25) is 0 Å². The average molecular weight is 251 g/mol. The molecular formula is C16H29NO. The van der Waals surface area contributed by atoms with Crippen molar-refractivity contribution >= 4 is 6.29 Å². The van der Waals surface area contributed by atoms with Crippen molar-refractivity contribution in [3.05, 3.63) is 0 Å². The molecule has 2 fully saturated rings. The van der Waals surface area contributed by atoms with E-state index in [1.54, 1.807) is 0 Å². The summed E-state index contributed by atoms with van der Waals surface area (Å²) in [6, 6.07) is 0.